The molecule has 0 N–H and O–H groups in total. The van der Waals surface area contributed by atoms with Crippen molar-refractivity contribution in [3.05, 3.63) is 71.3 Å². The largest absolute Gasteiger partial charge is 0.864 e. The number of hydrogen-bond acceptors (Lipinski definition) is 9. The molecule has 0 aromatic heterocycles. The van der Waals surface area contributed by atoms with Crippen molar-refractivity contribution in [1.82, 2.24) is 0 Å². The van der Waals surface area contributed by atoms with Crippen molar-refractivity contribution in [2.75, 3.05) is 0 Å². The van der Waals surface area contributed by atoms with Gasteiger partial charge >= 0.3 is 7.32 Å². The summed E-state index contributed by atoms with van der Waals surface area (Å²) in [6, 6.07) is 16.1. The fourth-order valence-corrected chi connectivity index (χ4v) is 3.29. The lowest BCUT2D eigenvalue weighted by atomic mass is 10.1. The molecule has 0 fully saturated rings. The molecule has 6 rings (SSSR count). The van der Waals surface area contributed by atoms with Crippen LogP contribution in [0.25, 0.3) is 0 Å². The van der Waals surface area contributed by atoms with Crippen LogP contribution in [0.1, 0.15) is 16.7 Å². The molecule has 0 spiro atoms. The standard InChI is InChI=1S/C21H15BO9/c1-4-16(7-19-13(1)10-23-29-19)26-22(27-17-5-2-14-11-24-30-20(14)8-17)28-18-6-3-15-12-25-31-21(15)9-18/h1-9H,10-12H2. The molecule has 3 heterocycles. The van der Waals surface area contributed by atoms with Gasteiger partial charge in [-0.1, -0.05) is 0 Å². The average molecular weight is 422 g/mol. The molecule has 0 amide bonds. The van der Waals surface area contributed by atoms with Crippen molar-refractivity contribution in [1.29, 1.82) is 0 Å². The summed E-state index contributed by atoms with van der Waals surface area (Å²) in [7, 11) is -1.12. The van der Waals surface area contributed by atoms with Crippen LogP contribution in [0.3, 0.4) is 0 Å². The van der Waals surface area contributed by atoms with E-state index >= 15 is 0 Å². The van der Waals surface area contributed by atoms with E-state index in [1.54, 1.807) is 36.4 Å². The third-order valence-electron chi connectivity index (χ3n) is 4.90. The molecule has 10 heteroatoms. The minimum Gasteiger partial charge on any atom is -0.489 e. The van der Waals surface area contributed by atoms with E-state index in [-0.39, 0.29) is 0 Å². The molecule has 3 aliphatic rings. The number of rotatable bonds is 6. The second kappa shape index (κ2) is 7.58. The average Bonchev–Trinajstić information content (AvgIpc) is 3.53. The molecule has 3 aliphatic heterocycles. The Morgan fingerprint density at radius 3 is 1.23 bits per heavy atom. The Morgan fingerprint density at radius 2 is 0.871 bits per heavy atom. The maximum atomic E-state index is 5.96. The summed E-state index contributed by atoms with van der Waals surface area (Å²) in [4.78, 5) is 30.4. The highest BCUT2D eigenvalue weighted by Crippen LogP contribution is 2.34. The zero-order valence-corrected chi connectivity index (χ0v) is 16.1. The van der Waals surface area contributed by atoms with Crippen molar-refractivity contribution >= 4 is 7.32 Å². The molecule has 9 nitrogen and oxygen atoms in total. The molecule has 0 unspecified atom stereocenters. The fraction of sp³-hybridized carbons (Fsp3) is 0.143. The van der Waals surface area contributed by atoms with Crippen LogP contribution < -0.4 is 28.6 Å². The van der Waals surface area contributed by atoms with Crippen LogP contribution in [-0.2, 0) is 34.5 Å². The lowest BCUT2D eigenvalue weighted by Gasteiger charge is -2.17. The first kappa shape index (κ1) is 18.2. The Hall–Kier alpha value is -3.60. The molecule has 0 saturated heterocycles. The summed E-state index contributed by atoms with van der Waals surface area (Å²) >= 11 is 0. The van der Waals surface area contributed by atoms with Gasteiger partial charge in [-0.25, -0.2) is 0 Å². The zero-order chi connectivity index (χ0) is 20.6. The Bertz CT molecular complexity index is 994. The SMILES string of the molecule is c1cc2c(cc1OB(Oc1ccc3c(c1)OOC3)Oc1ccc3c(c1)OOC3)OOC2. The predicted molar refractivity (Wildman–Crippen MR) is 103 cm³/mol. The maximum Gasteiger partial charge on any atom is 0.864 e. The molecule has 156 valence electrons. The van der Waals surface area contributed by atoms with Crippen LogP contribution in [0.15, 0.2) is 54.6 Å². The van der Waals surface area contributed by atoms with Gasteiger partial charge in [0.25, 0.3) is 0 Å². The molecule has 3 aromatic carbocycles. The second-order valence-corrected chi connectivity index (χ2v) is 6.99. The summed E-state index contributed by atoms with van der Waals surface area (Å²) in [5.74, 6) is 3.20. The van der Waals surface area contributed by atoms with Gasteiger partial charge in [-0.3, -0.25) is 0 Å². The summed E-state index contributed by atoms with van der Waals surface area (Å²) in [6.45, 7) is 1.17. The van der Waals surface area contributed by atoms with Gasteiger partial charge in [0.05, 0.1) is 0 Å². The summed E-state index contributed by atoms with van der Waals surface area (Å²) in [5, 5.41) is 0. The quantitative estimate of drug-likeness (QED) is 0.436. The Kier molecular flexibility index (Phi) is 4.45. The molecule has 3 aromatic rings. The fourth-order valence-electron chi connectivity index (χ4n) is 3.29. The third kappa shape index (κ3) is 3.68. The van der Waals surface area contributed by atoms with Crippen LogP contribution in [0.5, 0.6) is 34.5 Å². The molecule has 0 saturated carbocycles. The van der Waals surface area contributed by atoms with E-state index in [2.05, 4.69) is 0 Å². The number of benzene rings is 3. The number of hydrogen-bond donors (Lipinski definition) is 0. The third-order valence-corrected chi connectivity index (χ3v) is 4.90. The van der Waals surface area contributed by atoms with E-state index < -0.39 is 7.32 Å². The van der Waals surface area contributed by atoms with Gasteiger partial charge in [-0.2, -0.15) is 14.7 Å². The van der Waals surface area contributed by atoms with Gasteiger partial charge in [0.2, 0.25) is 0 Å². The summed E-state index contributed by atoms with van der Waals surface area (Å²) < 4.78 is 17.9. The monoisotopic (exact) mass is 422 g/mol. The van der Waals surface area contributed by atoms with Crippen molar-refractivity contribution in [3.63, 3.8) is 0 Å². The smallest absolute Gasteiger partial charge is 0.489 e. The minimum atomic E-state index is -1.12. The van der Waals surface area contributed by atoms with Crippen LogP contribution in [0, 0.1) is 0 Å². The first-order valence-electron chi connectivity index (χ1n) is 9.57. The molecular weight excluding hydrogens is 407 g/mol. The van der Waals surface area contributed by atoms with Crippen LogP contribution in [0.4, 0.5) is 0 Å². The second-order valence-electron chi connectivity index (χ2n) is 6.99. The van der Waals surface area contributed by atoms with Crippen molar-refractivity contribution in [3.8, 4) is 34.5 Å². The van der Waals surface area contributed by atoms with Crippen LogP contribution in [-0.4, -0.2) is 7.32 Å². The zero-order valence-electron chi connectivity index (χ0n) is 16.1. The Balaban J connectivity index is 1.26. The highest BCUT2D eigenvalue weighted by Gasteiger charge is 2.32. The molecule has 0 bridgehead atoms. The first-order valence-corrected chi connectivity index (χ1v) is 9.57. The van der Waals surface area contributed by atoms with Gasteiger partial charge in [-0.05, 0) is 36.4 Å². The van der Waals surface area contributed by atoms with Crippen LogP contribution in [0.2, 0.25) is 0 Å². The highest BCUT2D eigenvalue weighted by atomic mass is 17.2. The van der Waals surface area contributed by atoms with Crippen molar-refractivity contribution in [2.24, 2.45) is 0 Å². The van der Waals surface area contributed by atoms with E-state index in [9.17, 15) is 0 Å². The first-order chi connectivity index (χ1) is 15.3. The van der Waals surface area contributed by atoms with E-state index in [0.717, 1.165) is 16.7 Å². The summed E-state index contributed by atoms with van der Waals surface area (Å²) in [5.41, 5.74) is 2.78. The molecule has 0 atom stereocenters. The normalized spacial score (nSPS) is 15.1. The van der Waals surface area contributed by atoms with Crippen molar-refractivity contribution in [2.45, 2.75) is 19.8 Å². The molecular formula is C21H15BO9. The lowest BCUT2D eigenvalue weighted by Crippen LogP contribution is -2.37. The molecule has 0 aliphatic carbocycles. The topological polar surface area (TPSA) is 83.1 Å². The number of fused-ring (bicyclic) bond motifs is 3. The van der Waals surface area contributed by atoms with Gasteiger partial charge in [0, 0.05) is 34.9 Å². The molecule has 31 heavy (non-hydrogen) atoms. The minimum absolute atomic E-state index is 0.389. The highest BCUT2D eigenvalue weighted by molar-refractivity contribution is 6.39. The predicted octanol–water partition coefficient (Wildman–Crippen LogP) is 3.68. The van der Waals surface area contributed by atoms with E-state index in [1.807, 2.05) is 18.2 Å². The van der Waals surface area contributed by atoms with Crippen LogP contribution >= 0.6 is 0 Å². The maximum absolute atomic E-state index is 5.96. The van der Waals surface area contributed by atoms with Gasteiger partial charge in [0.1, 0.15) is 37.1 Å². The Labute approximate surface area is 176 Å². The Morgan fingerprint density at radius 1 is 0.516 bits per heavy atom. The van der Waals surface area contributed by atoms with Gasteiger partial charge in [0.15, 0.2) is 17.2 Å². The summed E-state index contributed by atoms with van der Waals surface area (Å²) in [6.07, 6.45) is 0. The lowest BCUT2D eigenvalue weighted by molar-refractivity contribution is -0.194. The van der Waals surface area contributed by atoms with E-state index in [1.165, 1.54) is 0 Å². The van der Waals surface area contributed by atoms with Crippen molar-refractivity contribution < 1.29 is 43.3 Å². The van der Waals surface area contributed by atoms with E-state index in [0.29, 0.717) is 54.3 Å². The van der Waals surface area contributed by atoms with E-state index in [4.69, 9.17) is 43.3 Å². The van der Waals surface area contributed by atoms with Gasteiger partial charge in [-0.15, -0.1) is 0 Å². The van der Waals surface area contributed by atoms with Gasteiger partial charge < -0.3 is 28.6 Å². The molecule has 0 radical (unpaired) electrons.